The van der Waals surface area contributed by atoms with Crippen molar-refractivity contribution >= 4 is 23.0 Å². The molecule has 0 heterocycles. The number of carbonyl (C=O) groups excluding carboxylic acids is 1. The molecule has 0 spiro atoms. The lowest BCUT2D eigenvalue weighted by Crippen LogP contribution is -2.22. The van der Waals surface area contributed by atoms with Gasteiger partial charge < -0.3 is 10.6 Å². The summed E-state index contributed by atoms with van der Waals surface area (Å²) in [7, 11) is 0. The average Bonchev–Trinajstić information content (AvgIpc) is 2.48. The van der Waals surface area contributed by atoms with Crippen LogP contribution in [0.15, 0.2) is 48.5 Å². The van der Waals surface area contributed by atoms with E-state index in [1.165, 1.54) is 12.1 Å². The molecule has 0 aliphatic rings. The van der Waals surface area contributed by atoms with Crippen molar-refractivity contribution < 1.29 is 9.72 Å². The Morgan fingerprint density at radius 2 is 1.95 bits per heavy atom. The van der Waals surface area contributed by atoms with Gasteiger partial charge in [-0.25, -0.2) is 0 Å². The minimum atomic E-state index is -0.474. The lowest BCUT2D eigenvalue weighted by atomic mass is 10.2. The monoisotopic (exact) mass is 285 g/mol. The highest BCUT2D eigenvalue weighted by Crippen LogP contribution is 2.17. The number of amides is 1. The summed E-state index contributed by atoms with van der Waals surface area (Å²) in [5.74, 6) is -0.212. The summed E-state index contributed by atoms with van der Waals surface area (Å²) in [6.07, 6.45) is 0. The van der Waals surface area contributed by atoms with Crippen LogP contribution in [0.5, 0.6) is 0 Å². The van der Waals surface area contributed by atoms with Gasteiger partial charge in [-0.3, -0.25) is 14.9 Å². The molecule has 2 rings (SSSR count). The van der Waals surface area contributed by atoms with Crippen LogP contribution < -0.4 is 10.6 Å². The van der Waals surface area contributed by atoms with Crippen LogP contribution in [-0.2, 0) is 4.79 Å². The number of aryl methyl sites for hydroxylation is 1. The number of nitro groups is 1. The molecule has 0 saturated heterocycles. The average molecular weight is 285 g/mol. The number of carbonyl (C=O) groups is 1. The van der Waals surface area contributed by atoms with Gasteiger partial charge in [0.2, 0.25) is 5.91 Å². The Morgan fingerprint density at radius 1 is 1.19 bits per heavy atom. The summed E-state index contributed by atoms with van der Waals surface area (Å²) in [6, 6.07) is 13.5. The summed E-state index contributed by atoms with van der Waals surface area (Å²) in [5, 5.41) is 16.3. The third-order valence-corrected chi connectivity index (χ3v) is 2.93. The van der Waals surface area contributed by atoms with Gasteiger partial charge in [0.15, 0.2) is 0 Å². The van der Waals surface area contributed by atoms with Crippen LogP contribution in [0.1, 0.15) is 5.56 Å². The first-order chi connectivity index (χ1) is 10.1. The largest absolute Gasteiger partial charge is 0.376 e. The van der Waals surface area contributed by atoms with Gasteiger partial charge in [-0.05, 0) is 24.6 Å². The number of rotatable bonds is 5. The molecule has 2 N–H and O–H groups in total. The van der Waals surface area contributed by atoms with Gasteiger partial charge in [-0.15, -0.1) is 0 Å². The van der Waals surface area contributed by atoms with E-state index in [0.717, 1.165) is 11.3 Å². The fourth-order valence-electron chi connectivity index (χ4n) is 1.82. The lowest BCUT2D eigenvalue weighted by Gasteiger charge is -2.09. The number of nitro benzene ring substituents is 1. The molecule has 21 heavy (non-hydrogen) atoms. The SMILES string of the molecule is Cc1ccccc1NC(=O)CNc1cccc([N+](=O)[O-])c1. The zero-order valence-corrected chi connectivity index (χ0v) is 11.5. The first-order valence-corrected chi connectivity index (χ1v) is 6.40. The molecule has 2 aromatic rings. The van der Waals surface area contributed by atoms with Crippen molar-refractivity contribution in [3.05, 3.63) is 64.2 Å². The number of nitrogens with one attached hydrogen (secondary N) is 2. The summed E-state index contributed by atoms with van der Waals surface area (Å²) in [5.41, 5.74) is 2.24. The Balaban J connectivity index is 1.94. The van der Waals surface area contributed by atoms with E-state index < -0.39 is 4.92 Å². The summed E-state index contributed by atoms with van der Waals surface area (Å²) >= 11 is 0. The summed E-state index contributed by atoms with van der Waals surface area (Å²) < 4.78 is 0. The van der Waals surface area contributed by atoms with Gasteiger partial charge in [0.05, 0.1) is 11.5 Å². The van der Waals surface area contributed by atoms with Crippen molar-refractivity contribution in [2.24, 2.45) is 0 Å². The molecule has 0 fully saturated rings. The Bertz CT molecular complexity index is 671. The molecule has 0 aliphatic heterocycles. The summed E-state index contributed by atoms with van der Waals surface area (Å²) in [4.78, 5) is 22.0. The van der Waals surface area contributed by atoms with Crippen LogP contribution in [0.4, 0.5) is 17.1 Å². The molecule has 6 nitrogen and oxygen atoms in total. The number of nitrogens with zero attached hydrogens (tertiary/aromatic N) is 1. The molecule has 2 aromatic carbocycles. The molecule has 1 amide bonds. The van der Waals surface area contributed by atoms with Gasteiger partial charge in [0, 0.05) is 23.5 Å². The second-order valence-corrected chi connectivity index (χ2v) is 4.52. The van der Waals surface area contributed by atoms with Crippen molar-refractivity contribution in [1.29, 1.82) is 0 Å². The van der Waals surface area contributed by atoms with E-state index in [4.69, 9.17) is 0 Å². The highest BCUT2D eigenvalue weighted by atomic mass is 16.6. The third kappa shape index (κ3) is 4.04. The molecule has 0 bridgehead atoms. The minimum Gasteiger partial charge on any atom is -0.376 e. The van der Waals surface area contributed by atoms with E-state index in [-0.39, 0.29) is 18.1 Å². The molecule has 108 valence electrons. The highest BCUT2D eigenvalue weighted by Gasteiger charge is 2.07. The molecule has 0 radical (unpaired) electrons. The Hall–Kier alpha value is -2.89. The predicted molar refractivity (Wildman–Crippen MR) is 81.4 cm³/mol. The summed E-state index contributed by atoms with van der Waals surface area (Å²) in [6.45, 7) is 1.94. The Kier molecular flexibility index (Phi) is 4.50. The van der Waals surface area contributed by atoms with E-state index in [9.17, 15) is 14.9 Å². The number of hydrogen-bond donors (Lipinski definition) is 2. The van der Waals surface area contributed by atoms with Crippen LogP contribution in [0, 0.1) is 17.0 Å². The van der Waals surface area contributed by atoms with Crippen LogP contribution in [0.2, 0.25) is 0 Å². The van der Waals surface area contributed by atoms with E-state index in [1.807, 2.05) is 31.2 Å². The maximum absolute atomic E-state index is 11.8. The van der Waals surface area contributed by atoms with Crippen LogP contribution in [0.25, 0.3) is 0 Å². The predicted octanol–water partition coefficient (Wildman–Crippen LogP) is 2.95. The minimum absolute atomic E-state index is 0.0145. The number of para-hydroxylation sites is 1. The second kappa shape index (κ2) is 6.51. The number of non-ortho nitro benzene ring substituents is 1. The van der Waals surface area contributed by atoms with E-state index in [1.54, 1.807) is 12.1 Å². The smallest absolute Gasteiger partial charge is 0.271 e. The van der Waals surface area contributed by atoms with Crippen LogP contribution in [-0.4, -0.2) is 17.4 Å². The fraction of sp³-hybridized carbons (Fsp3) is 0.133. The Morgan fingerprint density at radius 3 is 2.67 bits per heavy atom. The van der Waals surface area contributed by atoms with Gasteiger partial charge in [-0.2, -0.15) is 0 Å². The van der Waals surface area contributed by atoms with Crippen molar-refractivity contribution in [1.82, 2.24) is 0 Å². The van der Waals surface area contributed by atoms with Crippen LogP contribution in [0.3, 0.4) is 0 Å². The Labute approximate surface area is 121 Å². The molecular formula is C15H15N3O3. The first kappa shape index (κ1) is 14.5. The quantitative estimate of drug-likeness (QED) is 0.653. The highest BCUT2D eigenvalue weighted by molar-refractivity contribution is 5.94. The lowest BCUT2D eigenvalue weighted by molar-refractivity contribution is -0.384. The molecular weight excluding hydrogens is 270 g/mol. The maximum Gasteiger partial charge on any atom is 0.271 e. The van der Waals surface area contributed by atoms with Crippen LogP contribution >= 0.6 is 0 Å². The second-order valence-electron chi connectivity index (χ2n) is 4.52. The van der Waals surface area contributed by atoms with Crippen molar-refractivity contribution in [2.75, 3.05) is 17.2 Å². The van der Waals surface area contributed by atoms with Crippen molar-refractivity contribution in [3.63, 3.8) is 0 Å². The molecule has 0 saturated carbocycles. The molecule has 0 unspecified atom stereocenters. The maximum atomic E-state index is 11.8. The number of benzene rings is 2. The zero-order chi connectivity index (χ0) is 15.2. The van der Waals surface area contributed by atoms with Gasteiger partial charge in [-0.1, -0.05) is 24.3 Å². The molecule has 0 atom stereocenters. The molecule has 0 aliphatic carbocycles. The van der Waals surface area contributed by atoms with Crippen molar-refractivity contribution in [3.8, 4) is 0 Å². The van der Waals surface area contributed by atoms with E-state index >= 15 is 0 Å². The normalized spacial score (nSPS) is 9.95. The van der Waals surface area contributed by atoms with Gasteiger partial charge >= 0.3 is 0 Å². The van der Waals surface area contributed by atoms with Gasteiger partial charge in [0.1, 0.15) is 0 Å². The van der Waals surface area contributed by atoms with Gasteiger partial charge in [0.25, 0.3) is 5.69 Å². The third-order valence-electron chi connectivity index (χ3n) is 2.93. The zero-order valence-electron chi connectivity index (χ0n) is 11.5. The first-order valence-electron chi connectivity index (χ1n) is 6.40. The van der Waals surface area contributed by atoms with Crippen molar-refractivity contribution in [2.45, 2.75) is 6.92 Å². The topological polar surface area (TPSA) is 84.3 Å². The molecule has 6 heteroatoms. The van der Waals surface area contributed by atoms with E-state index in [0.29, 0.717) is 5.69 Å². The standard InChI is InChI=1S/C15H15N3O3/c1-11-5-2-3-8-14(11)17-15(19)10-16-12-6-4-7-13(9-12)18(20)21/h2-9,16H,10H2,1H3,(H,17,19). The molecule has 0 aromatic heterocycles. The number of hydrogen-bond acceptors (Lipinski definition) is 4. The number of anilines is 2. The fourth-order valence-corrected chi connectivity index (χ4v) is 1.82. The van der Waals surface area contributed by atoms with E-state index in [2.05, 4.69) is 10.6 Å².